The molecule has 0 bridgehead atoms. The van der Waals surface area contributed by atoms with E-state index in [2.05, 4.69) is 0 Å². The molecule has 0 aliphatic carbocycles. The molecular formula is C10H13NO3. The second-order valence-electron chi connectivity index (χ2n) is 2.77. The minimum atomic E-state index is -0.439. The molecule has 4 nitrogen and oxygen atoms in total. The molecule has 0 atom stereocenters. The lowest BCUT2D eigenvalue weighted by Gasteiger charge is -2.04. The molecule has 3 N–H and O–H groups in total. The van der Waals surface area contributed by atoms with Crippen molar-refractivity contribution in [1.82, 2.24) is 0 Å². The summed E-state index contributed by atoms with van der Waals surface area (Å²) in [4.78, 5) is 11.2. The second-order valence-corrected chi connectivity index (χ2v) is 2.77. The Morgan fingerprint density at radius 1 is 1.57 bits per heavy atom. The molecule has 0 amide bonds. The number of carbonyl (C=O) groups is 1. The summed E-state index contributed by atoms with van der Waals surface area (Å²) >= 11 is 0. The normalized spacial score (nSPS) is 9.86. The molecule has 0 aromatic heterocycles. The molecule has 4 heteroatoms. The van der Waals surface area contributed by atoms with E-state index in [1.165, 1.54) is 6.07 Å². The lowest BCUT2D eigenvalue weighted by atomic mass is 10.1. The number of carbonyl (C=O) groups excluding carboxylic acids is 1. The number of esters is 1. The van der Waals surface area contributed by atoms with Gasteiger partial charge < -0.3 is 15.6 Å². The predicted octanol–water partition coefficient (Wildman–Crippen LogP) is 1.03. The van der Waals surface area contributed by atoms with Crippen LogP contribution in [-0.4, -0.2) is 17.7 Å². The van der Waals surface area contributed by atoms with Crippen LogP contribution in [0.4, 0.5) is 0 Å². The van der Waals surface area contributed by atoms with Crippen LogP contribution in [0.2, 0.25) is 0 Å². The minimum Gasteiger partial charge on any atom is -0.508 e. The Kier molecular flexibility index (Phi) is 3.48. The first kappa shape index (κ1) is 10.5. The fourth-order valence-electron chi connectivity index (χ4n) is 1.08. The van der Waals surface area contributed by atoms with Crippen molar-refractivity contribution in [2.45, 2.75) is 13.5 Å². The van der Waals surface area contributed by atoms with Crippen LogP contribution >= 0.6 is 0 Å². The van der Waals surface area contributed by atoms with E-state index < -0.39 is 5.97 Å². The predicted molar refractivity (Wildman–Crippen MR) is 52.0 cm³/mol. The Bertz CT molecular complexity index is 336. The molecule has 0 saturated carbocycles. The topological polar surface area (TPSA) is 72.5 Å². The van der Waals surface area contributed by atoms with E-state index in [0.29, 0.717) is 17.7 Å². The van der Waals surface area contributed by atoms with Gasteiger partial charge in [-0.3, -0.25) is 0 Å². The summed E-state index contributed by atoms with van der Waals surface area (Å²) < 4.78 is 4.78. The maximum atomic E-state index is 11.2. The number of ether oxygens (including phenoxy) is 1. The van der Waals surface area contributed by atoms with Gasteiger partial charge >= 0.3 is 5.97 Å². The standard InChI is InChI=1S/C10H13NO3/c1-2-14-10(13)7-3-4-8(6-11)9(12)5-7/h3-5,12H,2,6,11H2,1H3. The van der Waals surface area contributed by atoms with Crippen LogP contribution in [0.5, 0.6) is 5.75 Å². The molecule has 1 aromatic rings. The summed E-state index contributed by atoms with van der Waals surface area (Å²) in [5.74, 6) is -0.413. The number of nitrogens with two attached hydrogens (primary N) is 1. The zero-order valence-corrected chi connectivity index (χ0v) is 7.99. The monoisotopic (exact) mass is 195 g/mol. The Morgan fingerprint density at radius 3 is 2.79 bits per heavy atom. The van der Waals surface area contributed by atoms with Gasteiger partial charge in [-0.05, 0) is 19.1 Å². The molecular weight excluding hydrogens is 182 g/mol. The largest absolute Gasteiger partial charge is 0.508 e. The highest BCUT2D eigenvalue weighted by Crippen LogP contribution is 2.18. The van der Waals surface area contributed by atoms with Crippen molar-refractivity contribution >= 4 is 5.97 Å². The van der Waals surface area contributed by atoms with Gasteiger partial charge in [-0.15, -0.1) is 0 Å². The van der Waals surface area contributed by atoms with Crippen LogP contribution in [0.3, 0.4) is 0 Å². The Hall–Kier alpha value is -1.55. The van der Waals surface area contributed by atoms with Gasteiger partial charge in [-0.25, -0.2) is 4.79 Å². The van der Waals surface area contributed by atoms with E-state index in [-0.39, 0.29) is 12.3 Å². The van der Waals surface area contributed by atoms with Crippen LogP contribution in [0.15, 0.2) is 18.2 Å². The van der Waals surface area contributed by atoms with Crippen LogP contribution in [0, 0.1) is 0 Å². The number of hydrogen-bond acceptors (Lipinski definition) is 4. The molecule has 1 rings (SSSR count). The molecule has 76 valence electrons. The number of rotatable bonds is 3. The Morgan fingerprint density at radius 2 is 2.29 bits per heavy atom. The SMILES string of the molecule is CCOC(=O)c1ccc(CN)c(O)c1. The van der Waals surface area contributed by atoms with Crippen molar-refractivity contribution in [2.75, 3.05) is 6.61 Å². The zero-order chi connectivity index (χ0) is 10.6. The molecule has 0 spiro atoms. The first-order chi connectivity index (χ1) is 6.69. The quantitative estimate of drug-likeness (QED) is 0.706. The first-order valence-corrected chi connectivity index (χ1v) is 4.38. The van der Waals surface area contributed by atoms with Crippen molar-refractivity contribution < 1.29 is 14.6 Å². The summed E-state index contributed by atoms with van der Waals surface area (Å²) in [7, 11) is 0. The fourth-order valence-corrected chi connectivity index (χ4v) is 1.08. The van der Waals surface area contributed by atoms with Gasteiger partial charge in [-0.1, -0.05) is 6.07 Å². The van der Waals surface area contributed by atoms with Crippen LogP contribution in [0.25, 0.3) is 0 Å². The van der Waals surface area contributed by atoms with Gasteiger partial charge in [0.25, 0.3) is 0 Å². The molecule has 0 radical (unpaired) electrons. The third-order valence-corrected chi connectivity index (χ3v) is 1.82. The van der Waals surface area contributed by atoms with Crippen molar-refractivity contribution in [2.24, 2.45) is 5.73 Å². The smallest absolute Gasteiger partial charge is 0.338 e. The highest BCUT2D eigenvalue weighted by molar-refractivity contribution is 5.90. The van der Waals surface area contributed by atoms with Crippen molar-refractivity contribution in [3.8, 4) is 5.75 Å². The number of benzene rings is 1. The van der Waals surface area contributed by atoms with Crippen LogP contribution < -0.4 is 5.73 Å². The Balaban J connectivity index is 2.91. The third-order valence-electron chi connectivity index (χ3n) is 1.82. The van der Waals surface area contributed by atoms with E-state index >= 15 is 0 Å². The van der Waals surface area contributed by atoms with Gasteiger partial charge in [0, 0.05) is 12.1 Å². The molecule has 1 aromatic carbocycles. The van der Waals surface area contributed by atoms with Gasteiger partial charge in [-0.2, -0.15) is 0 Å². The maximum Gasteiger partial charge on any atom is 0.338 e. The highest BCUT2D eigenvalue weighted by atomic mass is 16.5. The highest BCUT2D eigenvalue weighted by Gasteiger charge is 2.08. The molecule has 0 heterocycles. The average molecular weight is 195 g/mol. The molecule has 0 aliphatic heterocycles. The second kappa shape index (κ2) is 4.62. The fraction of sp³-hybridized carbons (Fsp3) is 0.300. The van der Waals surface area contributed by atoms with Gasteiger partial charge in [0.1, 0.15) is 5.75 Å². The summed E-state index contributed by atoms with van der Waals surface area (Å²) in [5.41, 5.74) is 6.30. The number of aromatic hydroxyl groups is 1. The molecule has 0 unspecified atom stereocenters. The van der Waals surface area contributed by atoms with Gasteiger partial charge in [0.05, 0.1) is 12.2 Å². The average Bonchev–Trinajstić information content (AvgIpc) is 2.18. The molecule has 0 aliphatic rings. The van der Waals surface area contributed by atoms with Crippen LogP contribution in [0.1, 0.15) is 22.8 Å². The molecule has 14 heavy (non-hydrogen) atoms. The maximum absolute atomic E-state index is 11.2. The van der Waals surface area contributed by atoms with Crippen LogP contribution in [-0.2, 0) is 11.3 Å². The number of phenolic OH excluding ortho intramolecular Hbond substituents is 1. The minimum absolute atomic E-state index is 0.0260. The van der Waals surface area contributed by atoms with E-state index in [4.69, 9.17) is 10.5 Å². The Labute approximate surface area is 82.3 Å². The summed E-state index contributed by atoms with van der Waals surface area (Å²) in [6, 6.07) is 4.56. The van der Waals surface area contributed by atoms with Gasteiger partial charge in [0.2, 0.25) is 0 Å². The van der Waals surface area contributed by atoms with Crippen molar-refractivity contribution in [3.63, 3.8) is 0 Å². The third kappa shape index (κ3) is 2.23. The van der Waals surface area contributed by atoms with E-state index in [0.717, 1.165) is 0 Å². The van der Waals surface area contributed by atoms with E-state index in [1.807, 2.05) is 0 Å². The lowest BCUT2D eigenvalue weighted by molar-refractivity contribution is 0.0526. The lowest BCUT2D eigenvalue weighted by Crippen LogP contribution is -2.05. The number of phenols is 1. The zero-order valence-electron chi connectivity index (χ0n) is 7.99. The summed E-state index contributed by atoms with van der Waals surface area (Å²) in [5, 5.41) is 9.42. The summed E-state index contributed by atoms with van der Waals surface area (Å²) in [6.07, 6.45) is 0. The number of hydrogen-bond donors (Lipinski definition) is 2. The van der Waals surface area contributed by atoms with E-state index in [9.17, 15) is 9.90 Å². The molecule has 0 fully saturated rings. The first-order valence-electron chi connectivity index (χ1n) is 4.38. The van der Waals surface area contributed by atoms with E-state index in [1.54, 1.807) is 19.1 Å². The van der Waals surface area contributed by atoms with Crippen molar-refractivity contribution in [3.05, 3.63) is 29.3 Å². The van der Waals surface area contributed by atoms with Gasteiger partial charge in [0.15, 0.2) is 0 Å². The molecule has 0 saturated heterocycles. The summed E-state index contributed by atoms with van der Waals surface area (Å²) in [6.45, 7) is 2.29. The van der Waals surface area contributed by atoms with Crippen molar-refractivity contribution in [1.29, 1.82) is 0 Å².